The van der Waals surface area contributed by atoms with E-state index >= 15 is 0 Å². The van der Waals surface area contributed by atoms with Gasteiger partial charge in [0, 0.05) is 0 Å². The molecule has 0 aliphatic rings. The van der Waals surface area contributed by atoms with Crippen molar-refractivity contribution in [3.8, 4) is 0 Å². The predicted molar refractivity (Wildman–Crippen MR) is 109 cm³/mol. The van der Waals surface area contributed by atoms with Crippen LogP contribution in [-0.2, 0) is 24.4 Å². The smallest absolute Gasteiger partial charge is 0.330 e. The van der Waals surface area contributed by atoms with Gasteiger partial charge in [-0.25, -0.2) is 0 Å². The van der Waals surface area contributed by atoms with Crippen molar-refractivity contribution >= 4 is 22.1 Å². The van der Waals surface area contributed by atoms with Crippen LogP contribution in [-0.4, -0.2) is 41.4 Å². The molecule has 0 saturated carbocycles. The first kappa shape index (κ1) is 26.9. The van der Waals surface area contributed by atoms with Crippen LogP contribution in [0.1, 0.15) is 104 Å². The summed E-state index contributed by atoms with van der Waals surface area (Å²) >= 11 is 0. The van der Waals surface area contributed by atoms with E-state index in [1.807, 2.05) is 0 Å². The Kier molecular flexibility index (Phi) is 14.2. The molecule has 0 aliphatic heterocycles. The van der Waals surface area contributed by atoms with Crippen LogP contribution >= 0.6 is 0 Å². The molecule has 0 aliphatic carbocycles. The largest absolute Gasteiger partial charge is 0.481 e. The number of rotatable bonds is 18. The molecule has 0 bridgehead atoms. The molecule has 28 heavy (non-hydrogen) atoms. The Morgan fingerprint density at radius 3 is 1.75 bits per heavy atom. The molecular weight excluding hydrogens is 384 g/mol. The van der Waals surface area contributed by atoms with Gasteiger partial charge in [-0.15, -0.1) is 0 Å². The lowest BCUT2D eigenvalue weighted by atomic mass is 9.96. The van der Waals surface area contributed by atoms with Crippen molar-refractivity contribution in [1.29, 1.82) is 0 Å². The van der Waals surface area contributed by atoms with E-state index in [-0.39, 0.29) is 13.0 Å². The summed E-state index contributed by atoms with van der Waals surface area (Å²) in [6.07, 6.45) is 9.56. The molecule has 0 aromatic carbocycles. The normalized spacial score (nSPS) is 13.8. The Labute approximate surface area is 170 Å². The lowest BCUT2D eigenvalue weighted by molar-refractivity contribution is -0.152. The summed E-state index contributed by atoms with van der Waals surface area (Å²) in [7, 11) is -4.93. The molecule has 0 rings (SSSR count). The first-order valence-electron chi connectivity index (χ1n) is 10.6. The van der Waals surface area contributed by atoms with Gasteiger partial charge >= 0.3 is 11.9 Å². The minimum absolute atomic E-state index is 0.0261. The molecule has 0 aromatic heterocycles. The zero-order valence-electron chi connectivity index (χ0n) is 17.5. The molecule has 0 heterocycles. The molecule has 2 N–H and O–H groups in total. The number of ether oxygens (including phenoxy) is 1. The second kappa shape index (κ2) is 14.8. The van der Waals surface area contributed by atoms with E-state index < -0.39 is 33.2 Å². The van der Waals surface area contributed by atoms with Crippen LogP contribution in [0.3, 0.4) is 0 Å². The van der Waals surface area contributed by atoms with Crippen molar-refractivity contribution in [2.45, 2.75) is 108 Å². The van der Waals surface area contributed by atoms with Gasteiger partial charge in [-0.3, -0.25) is 14.1 Å². The highest BCUT2D eigenvalue weighted by atomic mass is 32.2. The number of carbonyl (C=O) groups is 2. The third-order valence-corrected chi connectivity index (χ3v) is 6.47. The molecule has 0 amide bonds. The minimum Gasteiger partial charge on any atom is -0.481 e. The fraction of sp³-hybridized carbons (Fsp3) is 0.900. The minimum atomic E-state index is -4.93. The average Bonchev–Trinajstić information content (AvgIpc) is 2.61. The van der Waals surface area contributed by atoms with Gasteiger partial charge in [0.25, 0.3) is 10.1 Å². The van der Waals surface area contributed by atoms with Gasteiger partial charge in [-0.2, -0.15) is 8.42 Å². The predicted octanol–water partition coefficient (Wildman–Crippen LogP) is 4.74. The molecule has 0 aromatic rings. The van der Waals surface area contributed by atoms with Crippen molar-refractivity contribution in [2.75, 3.05) is 6.61 Å². The lowest BCUT2D eigenvalue weighted by Crippen LogP contribution is -2.49. The maximum absolute atomic E-state index is 12.5. The van der Waals surface area contributed by atoms with E-state index in [9.17, 15) is 22.6 Å². The van der Waals surface area contributed by atoms with Crippen LogP contribution in [0.25, 0.3) is 0 Å². The van der Waals surface area contributed by atoms with Crippen LogP contribution in [0.4, 0.5) is 0 Å². The van der Waals surface area contributed by atoms with Gasteiger partial charge in [-0.05, 0) is 12.8 Å². The fourth-order valence-corrected chi connectivity index (χ4v) is 4.18. The summed E-state index contributed by atoms with van der Waals surface area (Å²) in [5, 5.41) is 9.14. The Bertz CT molecular complexity index is 545. The highest BCUT2D eigenvalue weighted by Gasteiger charge is 2.52. The number of carbonyl (C=O) groups excluding carboxylic acids is 1. The molecule has 7 nitrogen and oxygen atoms in total. The summed E-state index contributed by atoms with van der Waals surface area (Å²) in [5.74, 6) is -2.61. The summed E-state index contributed by atoms with van der Waals surface area (Å²) in [6.45, 7) is 4.22. The van der Waals surface area contributed by atoms with Gasteiger partial charge in [0.1, 0.15) is 0 Å². The molecule has 0 saturated heterocycles. The van der Waals surface area contributed by atoms with E-state index in [0.29, 0.717) is 19.3 Å². The topological polar surface area (TPSA) is 118 Å². The van der Waals surface area contributed by atoms with E-state index in [1.54, 1.807) is 0 Å². The number of esters is 1. The average molecular weight is 423 g/mol. The molecular formula is C20H38O7S. The van der Waals surface area contributed by atoms with Crippen LogP contribution in [0.2, 0.25) is 0 Å². The van der Waals surface area contributed by atoms with Crippen molar-refractivity contribution in [3.05, 3.63) is 0 Å². The van der Waals surface area contributed by atoms with Crippen molar-refractivity contribution in [2.24, 2.45) is 0 Å². The number of unbranched alkanes of at least 4 members (excludes halogenated alkanes) is 10. The summed E-state index contributed by atoms with van der Waals surface area (Å²) in [4.78, 5) is 23.8. The monoisotopic (exact) mass is 422 g/mol. The number of carboxylic acids is 1. The molecule has 8 heteroatoms. The number of aliphatic carboxylic acids is 1. The molecule has 0 spiro atoms. The third-order valence-electron chi connectivity index (χ3n) is 4.97. The Morgan fingerprint density at radius 1 is 0.821 bits per heavy atom. The van der Waals surface area contributed by atoms with E-state index in [4.69, 9.17) is 9.84 Å². The van der Waals surface area contributed by atoms with Crippen LogP contribution in [0, 0.1) is 0 Å². The van der Waals surface area contributed by atoms with E-state index in [0.717, 1.165) is 57.8 Å². The Balaban J connectivity index is 4.85. The maximum Gasteiger partial charge on any atom is 0.330 e. The fourth-order valence-electron chi connectivity index (χ4n) is 3.20. The van der Waals surface area contributed by atoms with Gasteiger partial charge < -0.3 is 9.84 Å². The van der Waals surface area contributed by atoms with Gasteiger partial charge in [0.2, 0.25) is 4.75 Å². The van der Waals surface area contributed by atoms with Crippen molar-refractivity contribution in [3.63, 3.8) is 0 Å². The lowest BCUT2D eigenvalue weighted by Gasteiger charge is -2.27. The number of hydrogen-bond acceptors (Lipinski definition) is 5. The quantitative estimate of drug-likeness (QED) is 0.186. The summed E-state index contributed by atoms with van der Waals surface area (Å²) in [6, 6.07) is 0. The van der Waals surface area contributed by atoms with E-state index in [2.05, 4.69) is 13.8 Å². The van der Waals surface area contributed by atoms with Gasteiger partial charge in [0.05, 0.1) is 13.0 Å². The maximum atomic E-state index is 12.5. The van der Waals surface area contributed by atoms with E-state index in [1.165, 1.54) is 0 Å². The molecule has 166 valence electrons. The SMILES string of the molecule is CCCCCCCCOC(=O)C(CCCCCCCC)(CC(=O)O)S(=O)(=O)O. The first-order chi connectivity index (χ1) is 13.2. The van der Waals surface area contributed by atoms with Crippen LogP contribution in [0.5, 0.6) is 0 Å². The second-order valence-electron chi connectivity index (χ2n) is 7.46. The third kappa shape index (κ3) is 10.4. The Morgan fingerprint density at radius 2 is 1.29 bits per heavy atom. The van der Waals surface area contributed by atoms with Crippen LogP contribution in [0.15, 0.2) is 0 Å². The van der Waals surface area contributed by atoms with Gasteiger partial charge in [0.15, 0.2) is 0 Å². The van der Waals surface area contributed by atoms with Gasteiger partial charge in [-0.1, -0.05) is 84.5 Å². The van der Waals surface area contributed by atoms with Crippen molar-refractivity contribution < 1.29 is 32.4 Å². The first-order valence-corrected chi connectivity index (χ1v) is 12.0. The number of hydrogen-bond donors (Lipinski definition) is 2. The summed E-state index contributed by atoms with van der Waals surface area (Å²) < 4.78 is 36.4. The molecule has 1 unspecified atom stereocenters. The Hall–Kier alpha value is -1.15. The highest BCUT2D eigenvalue weighted by molar-refractivity contribution is 7.88. The van der Waals surface area contributed by atoms with Crippen molar-refractivity contribution in [1.82, 2.24) is 0 Å². The molecule has 0 fully saturated rings. The second-order valence-corrected chi connectivity index (χ2v) is 9.19. The highest BCUT2D eigenvalue weighted by Crippen LogP contribution is 2.30. The zero-order valence-corrected chi connectivity index (χ0v) is 18.3. The standard InChI is InChI=1S/C20H38O7S/c1-3-5-7-9-11-13-15-20(17-18(21)22,28(24,25)26)19(23)27-16-14-12-10-8-6-4-2/h3-17H2,1-2H3,(H,21,22)(H,24,25,26). The molecule has 0 radical (unpaired) electrons. The summed E-state index contributed by atoms with van der Waals surface area (Å²) in [5.41, 5.74) is 0. The number of carboxylic acid groups (broad SMARTS) is 1. The molecule has 1 atom stereocenters. The zero-order chi connectivity index (χ0) is 21.5. The van der Waals surface area contributed by atoms with Crippen LogP contribution < -0.4 is 0 Å².